The number of anilines is 2. The molecule has 1 aromatic carbocycles. The first-order valence-electron chi connectivity index (χ1n) is 9.69. The van der Waals surface area contributed by atoms with Crippen molar-refractivity contribution in [3.63, 3.8) is 0 Å². The summed E-state index contributed by atoms with van der Waals surface area (Å²) in [4.78, 5) is 26.8. The van der Waals surface area contributed by atoms with E-state index in [-0.39, 0.29) is 11.8 Å². The number of rotatable bonds is 5. The molecule has 28 heavy (non-hydrogen) atoms. The number of amides is 2. The first-order valence-corrected chi connectivity index (χ1v) is 10.9. The Morgan fingerprint density at radius 2 is 1.86 bits per heavy atom. The molecule has 0 atom stereocenters. The summed E-state index contributed by atoms with van der Waals surface area (Å²) in [5.74, 6) is 0.155. The molecule has 7 heteroatoms. The van der Waals surface area contributed by atoms with Crippen LogP contribution < -0.4 is 10.6 Å². The summed E-state index contributed by atoms with van der Waals surface area (Å²) in [5, 5.41) is 7.25. The first-order chi connectivity index (χ1) is 13.6. The number of hydrogen-bond donors (Lipinski definition) is 2. The lowest BCUT2D eigenvalue weighted by molar-refractivity contribution is -0.117. The molecule has 5 nitrogen and oxygen atoms in total. The summed E-state index contributed by atoms with van der Waals surface area (Å²) >= 11 is 7.46. The van der Waals surface area contributed by atoms with Gasteiger partial charge in [0, 0.05) is 35.2 Å². The Hall–Kier alpha value is -1.89. The van der Waals surface area contributed by atoms with Crippen molar-refractivity contribution in [1.29, 1.82) is 0 Å². The van der Waals surface area contributed by atoms with Gasteiger partial charge in [-0.2, -0.15) is 0 Å². The van der Waals surface area contributed by atoms with Crippen molar-refractivity contribution in [1.82, 2.24) is 0 Å². The molecule has 2 amide bonds. The van der Waals surface area contributed by atoms with Crippen LogP contribution in [0.15, 0.2) is 24.3 Å². The number of ether oxygens (including phenoxy) is 1. The molecule has 1 aliphatic carbocycles. The zero-order valence-corrected chi connectivity index (χ0v) is 17.1. The molecule has 4 rings (SSSR count). The summed E-state index contributed by atoms with van der Waals surface area (Å²) in [6.07, 6.45) is 5.21. The minimum absolute atomic E-state index is 0.0210. The fourth-order valence-electron chi connectivity index (χ4n) is 3.85. The van der Waals surface area contributed by atoms with Gasteiger partial charge < -0.3 is 15.4 Å². The summed E-state index contributed by atoms with van der Waals surface area (Å²) in [5.41, 5.74) is 2.39. The molecular formula is C21H23ClN2O3S. The Balaban J connectivity index is 1.50. The second-order valence-corrected chi connectivity index (χ2v) is 8.87. The van der Waals surface area contributed by atoms with Gasteiger partial charge in [0.2, 0.25) is 5.91 Å². The fraction of sp³-hybridized carbons (Fsp3) is 0.429. The second-order valence-electron chi connectivity index (χ2n) is 7.33. The topological polar surface area (TPSA) is 67.4 Å². The highest BCUT2D eigenvalue weighted by Gasteiger charge is 2.28. The standard InChI is InChI=1S/C21H23ClN2O3S/c22-14-4-6-15(7-5-14)23-20(26)19-16-2-1-3-17(16)28-21(19)24-18(25)12-13-8-10-27-11-9-13/h4-7,13H,1-3,8-12H2,(H,23,26)(H,24,25). The van der Waals surface area contributed by atoms with E-state index in [2.05, 4.69) is 10.6 Å². The third-order valence-corrected chi connectivity index (χ3v) is 6.78. The van der Waals surface area contributed by atoms with Crippen LogP contribution in [0.25, 0.3) is 0 Å². The van der Waals surface area contributed by atoms with E-state index in [1.807, 2.05) is 0 Å². The van der Waals surface area contributed by atoms with Gasteiger partial charge in [-0.15, -0.1) is 11.3 Å². The van der Waals surface area contributed by atoms with E-state index >= 15 is 0 Å². The SMILES string of the molecule is O=C(CC1CCOCC1)Nc1sc2c(c1C(=O)Nc1ccc(Cl)cc1)CCC2. The molecule has 1 aromatic heterocycles. The average molecular weight is 419 g/mol. The first kappa shape index (κ1) is 19.4. The maximum atomic E-state index is 13.0. The lowest BCUT2D eigenvalue weighted by Crippen LogP contribution is -2.23. The predicted octanol–water partition coefficient (Wildman–Crippen LogP) is 4.90. The molecule has 148 valence electrons. The molecule has 0 bridgehead atoms. The van der Waals surface area contributed by atoms with Crippen molar-refractivity contribution in [3.8, 4) is 0 Å². The number of carbonyl (C=O) groups excluding carboxylic acids is 2. The van der Waals surface area contributed by atoms with Crippen LogP contribution in [0.3, 0.4) is 0 Å². The Kier molecular flexibility index (Phi) is 5.99. The van der Waals surface area contributed by atoms with Gasteiger partial charge in [-0.1, -0.05) is 11.6 Å². The summed E-state index contributed by atoms with van der Waals surface area (Å²) in [7, 11) is 0. The van der Waals surface area contributed by atoms with E-state index in [0.29, 0.717) is 33.6 Å². The Morgan fingerprint density at radius 1 is 1.11 bits per heavy atom. The van der Waals surface area contributed by atoms with Gasteiger partial charge in [-0.3, -0.25) is 9.59 Å². The molecule has 0 radical (unpaired) electrons. The number of halogens is 1. The van der Waals surface area contributed by atoms with Crippen LogP contribution in [-0.2, 0) is 22.4 Å². The zero-order chi connectivity index (χ0) is 19.5. The van der Waals surface area contributed by atoms with Gasteiger partial charge in [-0.25, -0.2) is 0 Å². The molecule has 0 unspecified atom stereocenters. The molecule has 2 N–H and O–H groups in total. The van der Waals surface area contributed by atoms with Crippen LogP contribution in [0.5, 0.6) is 0 Å². The quantitative estimate of drug-likeness (QED) is 0.725. The minimum Gasteiger partial charge on any atom is -0.381 e. The largest absolute Gasteiger partial charge is 0.381 e. The van der Waals surface area contributed by atoms with Crippen LogP contribution in [0.2, 0.25) is 5.02 Å². The third-order valence-electron chi connectivity index (χ3n) is 5.32. The van der Waals surface area contributed by atoms with Crippen molar-refractivity contribution >= 4 is 45.4 Å². The van der Waals surface area contributed by atoms with Crippen molar-refractivity contribution in [2.75, 3.05) is 23.8 Å². The number of thiophene rings is 1. The van der Waals surface area contributed by atoms with Crippen LogP contribution >= 0.6 is 22.9 Å². The number of hydrogen-bond acceptors (Lipinski definition) is 4. The Labute approximate surface area is 173 Å². The number of fused-ring (bicyclic) bond motifs is 1. The third kappa shape index (κ3) is 4.40. The van der Waals surface area contributed by atoms with Crippen molar-refractivity contribution in [3.05, 3.63) is 45.3 Å². The summed E-state index contributed by atoms with van der Waals surface area (Å²) < 4.78 is 5.36. The minimum atomic E-state index is -0.178. The Bertz CT molecular complexity index is 873. The van der Waals surface area contributed by atoms with Gasteiger partial charge >= 0.3 is 0 Å². The fourth-order valence-corrected chi connectivity index (χ4v) is 5.28. The normalized spacial score (nSPS) is 16.6. The molecule has 1 fully saturated rings. The van der Waals surface area contributed by atoms with Gasteiger partial charge in [0.05, 0.1) is 5.56 Å². The van der Waals surface area contributed by atoms with E-state index < -0.39 is 0 Å². The van der Waals surface area contributed by atoms with E-state index in [1.54, 1.807) is 35.6 Å². The second kappa shape index (κ2) is 8.64. The van der Waals surface area contributed by atoms with Crippen LogP contribution in [0.1, 0.15) is 46.5 Å². The average Bonchev–Trinajstić information content (AvgIpc) is 3.25. The zero-order valence-electron chi connectivity index (χ0n) is 15.6. The van der Waals surface area contributed by atoms with E-state index in [0.717, 1.165) is 50.9 Å². The van der Waals surface area contributed by atoms with E-state index in [1.165, 1.54) is 4.88 Å². The molecule has 2 aliphatic rings. The lowest BCUT2D eigenvalue weighted by atomic mass is 9.96. The van der Waals surface area contributed by atoms with Gasteiger partial charge in [-0.05, 0) is 67.9 Å². The van der Waals surface area contributed by atoms with Crippen LogP contribution in [0.4, 0.5) is 10.7 Å². The van der Waals surface area contributed by atoms with Gasteiger partial charge in [0.15, 0.2) is 0 Å². The van der Waals surface area contributed by atoms with Crippen molar-refractivity contribution in [2.24, 2.45) is 5.92 Å². The smallest absolute Gasteiger partial charge is 0.258 e. The monoisotopic (exact) mass is 418 g/mol. The molecule has 1 saturated heterocycles. The predicted molar refractivity (Wildman–Crippen MR) is 113 cm³/mol. The van der Waals surface area contributed by atoms with E-state index in [9.17, 15) is 9.59 Å². The molecule has 0 saturated carbocycles. The number of aryl methyl sites for hydroxylation is 1. The number of nitrogens with one attached hydrogen (secondary N) is 2. The van der Waals surface area contributed by atoms with Gasteiger partial charge in [0.1, 0.15) is 5.00 Å². The highest BCUT2D eigenvalue weighted by atomic mass is 35.5. The highest BCUT2D eigenvalue weighted by molar-refractivity contribution is 7.17. The summed E-state index contributed by atoms with van der Waals surface area (Å²) in [6.45, 7) is 1.44. The van der Waals surface area contributed by atoms with Gasteiger partial charge in [0.25, 0.3) is 5.91 Å². The molecule has 1 aliphatic heterocycles. The summed E-state index contributed by atoms with van der Waals surface area (Å²) in [6, 6.07) is 7.03. The highest BCUT2D eigenvalue weighted by Crippen LogP contribution is 2.39. The maximum Gasteiger partial charge on any atom is 0.258 e. The van der Waals surface area contributed by atoms with Crippen molar-refractivity contribution in [2.45, 2.75) is 38.5 Å². The maximum absolute atomic E-state index is 13.0. The molecule has 2 heterocycles. The number of benzene rings is 1. The Morgan fingerprint density at radius 3 is 2.61 bits per heavy atom. The van der Waals surface area contributed by atoms with E-state index in [4.69, 9.17) is 16.3 Å². The van der Waals surface area contributed by atoms with Crippen LogP contribution in [-0.4, -0.2) is 25.0 Å². The van der Waals surface area contributed by atoms with Crippen molar-refractivity contribution < 1.29 is 14.3 Å². The molecular weight excluding hydrogens is 396 g/mol. The molecule has 0 spiro atoms. The number of carbonyl (C=O) groups is 2. The van der Waals surface area contributed by atoms with Crippen LogP contribution in [0, 0.1) is 5.92 Å². The molecule has 2 aromatic rings. The lowest BCUT2D eigenvalue weighted by Gasteiger charge is -2.21.